The highest BCUT2D eigenvalue weighted by molar-refractivity contribution is 7.98. The Labute approximate surface area is 196 Å². The molecule has 3 heterocycles. The predicted molar refractivity (Wildman–Crippen MR) is 131 cm³/mol. The first kappa shape index (κ1) is 21.4. The van der Waals surface area contributed by atoms with Crippen molar-refractivity contribution in [1.82, 2.24) is 9.38 Å². The summed E-state index contributed by atoms with van der Waals surface area (Å²) in [5.41, 5.74) is 4.28. The number of carbonyl (C=O) groups is 1. The number of rotatable bonds is 7. The molecule has 1 aliphatic heterocycles. The standard InChI is InChI=1S/C26H25N3O3S/c1-3-31-24-13-19-12-17(2)32-23(19)14-22(24)28-26(30)18-7-9-21(10-8-18)33-16-20-15-29-11-5-4-6-25(29)27-20/h4-11,13-15,17H,3,12,16H2,1-2H3,(H,28,30). The molecular weight excluding hydrogens is 434 g/mol. The summed E-state index contributed by atoms with van der Waals surface area (Å²) in [6.07, 6.45) is 5.01. The molecule has 5 rings (SSSR count). The van der Waals surface area contributed by atoms with Gasteiger partial charge in [-0.3, -0.25) is 4.79 Å². The van der Waals surface area contributed by atoms with Crippen molar-refractivity contribution in [2.45, 2.75) is 37.0 Å². The Morgan fingerprint density at radius 2 is 2.09 bits per heavy atom. The van der Waals surface area contributed by atoms with Gasteiger partial charge in [-0.15, -0.1) is 11.8 Å². The third kappa shape index (κ3) is 4.68. The van der Waals surface area contributed by atoms with Gasteiger partial charge in [0.2, 0.25) is 0 Å². The quantitative estimate of drug-likeness (QED) is 0.365. The van der Waals surface area contributed by atoms with Crippen LogP contribution in [0.1, 0.15) is 35.5 Å². The van der Waals surface area contributed by atoms with Gasteiger partial charge in [0.05, 0.1) is 18.0 Å². The summed E-state index contributed by atoms with van der Waals surface area (Å²) in [6, 6.07) is 17.4. The molecule has 0 aliphatic carbocycles. The van der Waals surface area contributed by atoms with E-state index in [-0.39, 0.29) is 12.0 Å². The Kier molecular flexibility index (Phi) is 5.96. The van der Waals surface area contributed by atoms with E-state index in [1.807, 2.05) is 85.2 Å². The SMILES string of the molecule is CCOc1cc2c(cc1NC(=O)c1ccc(SCc3cn4ccccc4n3)cc1)OC(C)C2. The lowest BCUT2D eigenvalue weighted by atomic mass is 10.1. The molecule has 0 bridgehead atoms. The van der Waals surface area contributed by atoms with Crippen molar-refractivity contribution < 1.29 is 14.3 Å². The van der Waals surface area contributed by atoms with Gasteiger partial charge in [-0.2, -0.15) is 0 Å². The van der Waals surface area contributed by atoms with Crippen LogP contribution in [0.25, 0.3) is 5.65 Å². The fourth-order valence-corrected chi connectivity index (χ4v) is 4.71. The van der Waals surface area contributed by atoms with E-state index in [4.69, 9.17) is 9.47 Å². The maximum atomic E-state index is 12.9. The third-order valence-corrected chi connectivity index (χ3v) is 6.51. The molecule has 2 aromatic carbocycles. The van der Waals surface area contributed by atoms with Gasteiger partial charge in [0, 0.05) is 46.7 Å². The van der Waals surface area contributed by atoms with Gasteiger partial charge >= 0.3 is 0 Å². The molecule has 1 aliphatic rings. The van der Waals surface area contributed by atoms with E-state index in [1.165, 1.54) is 0 Å². The molecule has 168 valence electrons. The summed E-state index contributed by atoms with van der Waals surface area (Å²) in [7, 11) is 0. The maximum absolute atomic E-state index is 12.9. The summed E-state index contributed by atoms with van der Waals surface area (Å²) >= 11 is 1.69. The summed E-state index contributed by atoms with van der Waals surface area (Å²) in [6.45, 7) is 4.49. The Morgan fingerprint density at radius 1 is 1.24 bits per heavy atom. The molecule has 4 aromatic rings. The van der Waals surface area contributed by atoms with Crippen LogP contribution in [0.4, 0.5) is 5.69 Å². The molecule has 0 radical (unpaired) electrons. The second-order valence-corrected chi connectivity index (χ2v) is 9.04. The predicted octanol–water partition coefficient (Wildman–Crippen LogP) is 5.60. The van der Waals surface area contributed by atoms with Crippen LogP contribution in [0.15, 0.2) is 71.9 Å². The minimum Gasteiger partial charge on any atom is -0.492 e. The fraction of sp³-hybridized carbons (Fsp3) is 0.231. The van der Waals surface area contributed by atoms with Crippen LogP contribution in [0.5, 0.6) is 11.5 Å². The van der Waals surface area contributed by atoms with E-state index in [1.54, 1.807) is 11.8 Å². The molecule has 2 aromatic heterocycles. The first-order chi connectivity index (χ1) is 16.1. The highest BCUT2D eigenvalue weighted by Crippen LogP contribution is 2.38. The highest BCUT2D eigenvalue weighted by Gasteiger charge is 2.22. The Morgan fingerprint density at radius 3 is 2.88 bits per heavy atom. The molecule has 1 atom stereocenters. The van der Waals surface area contributed by atoms with Gasteiger partial charge in [0.15, 0.2) is 0 Å². The number of nitrogens with one attached hydrogen (secondary N) is 1. The number of anilines is 1. The van der Waals surface area contributed by atoms with Crippen molar-refractivity contribution in [2.75, 3.05) is 11.9 Å². The number of fused-ring (bicyclic) bond motifs is 2. The van der Waals surface area contributed by atoms with Gasteiger partial charge in [-0.1, -0.05) is 6.07 Å². The molecule has 1 N–H and O–H groups in total. The number of pyridine rings is 1. The minimum absolute atomic E-state index is 0.131. The number of hydrogen-bond donors (Lipinski definition) is 1. The number of thioether (sulfide) groups is 1. The molecule has 0 saturated carbocycles. The number of benzene rings is 2. The monoisotopic (exact) mass is 459 g/mol. The molecule has 0 spiro atoms. The molecule has 33 heavy (non-hydrogen) atoms. The second kappa shape index (κ2) is 9.19. The number of nitrogens with zero attached hydrogens (tertiary/aromatic N) is 2. The zero-order valence-corrected chi connectivity index (χ0v) is 19.4. The van der Waals surface area contributed by atoms with Crippen molar-refractivity contribution in [1.29, 1.82) is 0 Å². The number of ether oxygens (including phenoxy) is 2. The Hall–Kier alpha value is -3.45. The van der Waals surface area contributed by atoms with Gasteiger partial charge in [0.25, 0.3) is 5.91 Å². The van der Waals surface area contributed by atoms with Crippen molar-refractivity contribution in [2.24, 2.45) is 0 Å². The van der Waals surface area contributed by atoms with Crippen LogP contribution in [0.2, 0.25) is 0 Å². The van der Waals surface area contributed by atoms with Crippen molar-refractivity contribution in [3.05, 3.63) is 83.8 Å². The molecule has 6 nitrogen and oxygen atoms in total. The van der Waals surface area contributed by atoms with E-state index < -0.39 is 0 Å². The first-order valence-corrected chi connectivity index (χ1v) is 12.0. The van der Waals surface area contributed by atoms with Gasteiger partial charge in [-0.25, -0.2) is 4.98 Å². The molecular formula is C26H25N3O3S. The van der Waals surface area contributed by atoms with Gasteiger partial charge in [-0.05, 0) is 56.3 Å². The average molecular weight is 460 g/mol. The van der Waals surface area contributed by atoms with Crippen LogP contribution in [0.3, 0.4) is 0 Å². The highest BCUT2D eigenvalue weighted by atomic mass is 32.2. The largest absolute Gasteiger partial charge is 0.492 e. The van der Waals surface area contributed by atoms with Crippen molar-refractivity contribution in [3.63, 3.8) is 0 Å². The second-order valence-electron chi connectivity index (χ2n) is 7.99. The Bertz CT molecular complexity index is 1270. The number of carbonyl (C=O) groups excluding carboxylic acids is 1. The smallest absolute Gasteiger partial charge is 0.255 e. The van der Waals surface area contributed by atoms with Crippen LogP contribution in [-0.4, -0.2) is 28.0 Å². The maximum Gasteiger partial charge on any atom is 0.255 e. The Balaban J connectivity index is 1.25. The van der Waals surface area contributed by atoms with Crippen molar-refractivity contribution >= 4 is 29.0 Å². The van der Waals surface area contributed by atoms with Crippen LogP contribution in [0, 0.1) is 0 Å². The fourth-order valence-electron chi connectivity index (χ4n) is 3.92. The molecule has 0 saturated heterocycles. The molecule has 7 heteroatoms. The van der Waals surface area contributed by atoms with Gasteiger partial charge < -0.3 is 19.2 Å². The third-order valence-electron chi connectivity index (χ3n) is 5.46. The first-order valence-electron chi connectivity index (χ1n) is 11.0. The van der Waals surface area contributed by atoms with Crippen LogP contribution < -0.4 is 14.8 Å². The number of amides is 1. The summed E-state index contributed by atoms with van der Waals surface area (Å²) in [5.74, 6) is 2.05. The van der Waals surface area contributed by atoms with Crippen LogP contribution >= 0.6 is 11.8 Å². The van der Waals surface area contributed by atoms with Gasteiger partial charge in [0.1, 0.15) is 23.3 Å². The van der Waals surface area contributed by atoms with Crippen LogP contribution in [-0.2, 0) is 12.2 Å². The zero-order valence-electron chi connectivity index (χ0n) is 18.6. The minimum atomic E-state index is -0.182. The number of aromatic nitrogens is 2. The lowest BCUT2D eigenvalue weighted by Gasteiger charge is -2.14. The van der Waals surface area contributed by atoms with E-state index in [0.717, 1.165) is 39.7 Å². The number of imidazole rings is 1. The zero-order chi connectivity index (χ0) is 22.8. The van der Waals surface area contributed by atoms with E-state index in [9.17, 15) is 4.79 Å². The topological polar surface area (TPSA) is 64.9 Å². The van der Waals surface area contributed by atoms with Crippen molar-refractivity contribution in [3.8, 4) is 11.5 Å². The number of hydrogen-bond acceptors (Lipinski definition) is 5. The van der Waals surface area contributed by atoms with E-state index in [2.05, 4.69) is 10.3 Å². The molecule has 1 unspecified atom stereocenters. The van der Waals surface area contributed by atoms with E-state index in [0.29, 0.717) is 23.6 Å². The average Bonchev–Trinajstić information content (AvgIpc) is 3.40. The lowest BCUT2D eigenvalue weighted by Crippen LogP contribution is -2.13. The lowest BCUT2D eigenvalue weighted by molar-refractivity contribution is 0.102. The summed E-state index contributed by atoms with van der Waals surface area (Å²) < 4.78 is 13.6. The molecule has 0 fully saturated rings. The summed E-state index contributed by atoms with van der Waals surface area (Å²) in [5, 5.41) is 2.98. The normalized spacial score (nSPS) is 14.7. The summed E-state index contributed by atoms with van der Waals surface area (Å²) in [4.78, 5) is 18.6. The van der Waals surface area contributed by atoms with E-state index >= 15 is 0 Å². The molecule has 1 amide bonds.